The summed E-state index contributed by atoms with van der Waals surface area (Å²) in [6.07, 6.45) is 10.4. The van der Waals surface area contributed by atoms with Gasteiger partial charge in [0.25, 0.3) is 5.91 Å². The van der Waals surface area contributed by atoms with Crippen molar-refractivity contribution in [3.63, 3.8) is 0 Å². The van der Waals surface area contributed by atoms with Crippen LogP contribution in [0.4, 0.5) is 4.39 Å². The fourth-order valence-corrected chi connectivity index (χ4v) is 6.20. The lowest BCUT2D eigenvalue weighted by Crippen LogP contribution is -2.39. The summed E-state index contributed by atoms with van der Waals surface area (Å²) in [7, 11) is 0. The Balaban J connectivity index is 1.20. The average molecular weight is 458 g/mol. The van der Waals surface area contributed by atoms with Crippen molar-refractivity contribution in [2.24, 2.45) is 11.8 Å². The number of carbonyl (C=O) groups is 1. The number of halogens is 1. The number of piperidine rings is 1. The van der Waals surface area contributed by atoms with Gasteiger partial charge >= 0.3 is 0 Å². The molecule has 0 aromatic carbocycles. The van der Waals surface area contributed by atoms with Crippen molar-refractivity contribution >= 4 is 17.2 Å². The van der Waals surface area contributed by atoms with E-state index in [0.29, 0.717) is 36.5 Å². The highest BCUT2D eigenvalue weighted by Crippen LogP contribution is 2.37. The van der Waals surface area contributed by atoms with Gasteiger partial charge in [-0.2, -0.15) is 16.8 Å². The predicted molar refractivity (Wildman–Crippen MR) is 125 cm³/mol. The molecular weight excluding hydrogens is 425 g/mol. The van der Waals surface area contributed by atoms with Crippen molar-refractivity contribution in [2.45, 2.75) is 37.8 Å². The second-order valence-corrected chi connectivity index (χ2v) is 10.5. The van der Waals surface area contributed by atoms with Gasteiger partial charge in [-0.1, -0.05) is 12.2 Å². The molecule has 3 atom stereocenters. The maximum Gasteiger partial charge on any atom is 0.291 e. The van der Waals surface area contributed by atoms with Gasteiger partial charge in [0.1, 0.15) is 5.67 Å². The van der Waals surface area contributed by atoms with Crippen LogP contribution in [0.3, 0.4) is 0 Å². The van der Waals surface area contributed by atoms with Crippen molar-refractivity contribution in [1.82, 2.24) is 15.3 Å². The minimum atomic E-state index is -1.19. The second kappa shape index (κ2) is 9.12. The molecule has 1 amide bonds. The Bertz CT molecular complexity index is 916. The van der Waals surface area contributed by atoms with E-state index in [1.165, 1.54) is 11.1 Å². The third-order valence-corrected chi connectivity index (χ3v) is 8.08. The molecule has 7 heteroatoms. The van der Waals surface area contributed by atoms with E-state index in [2.05, 4.69) is 33.3 Å². The summed E-state index contributed by atoms with van der Waals surface area (Å²) in [5.41, 5.74) is 4.21. The summed E-state index contributed by atoms with van der Waals surface area (Å²) >= 11 is 1.72. The van der Waals surface area contributed by atoms with E-state index in [9.17, 15) is 9.18 Å². The van der Waals surface area contributed by atoms with Crippen LogP contribution in [0.25, 0.3) is 0 Å². The van der Waals surface area contributed by atoms with E-state index in [4.69, 9.17) is 4.84 Å². The molecule has 3 unspecified atom stereocenters. The van der Waals surface area contributed by atoms with Gasteiger partial charge in [0, 0.05) is 32.0 Å². The van der Waals surface area contributed by atoms with Gasteiger partial charge in [-0.05, 0) is 84.8 Å². The van der Waals surface area contributed by atoms with Gasteiger partial charge < -0.3 is 14.6 Å². The summed E-state index contributed by atoms with van der Waals surface area (Å²) in [5, 5.41) is 4.36. The van der Waals surface area contributed by atoms with Crippen LogP contribution < -0.4 is 5.48 Å². The maximum atomic E-state index is 14.1. The molecule has 1 aromatic rings. The Labute approximate surface area is 193 Å². The lowest BCUT2D eigenvalue weighted by Gasteiger charge is -2.36. The molecule has 0 saturated carbocycles. The van der Waals surface area contributed by atoms with Gasteiger partial charge in [0.05, 0.1) is 6.54 Å². The molecule has 2 saturated heterocycles. The molecule has 1 aliphatic carbocycles. The number of carbonyl (C=O) groups excluding carboxylic acids is 1. The quantitative estimate of drug-likeness (QED) is 0.725. The molecule has 32 heavy (non-hydrogen) atoms. The lowest BCUT2D eigenvalue weighted by atomic mass is 9.83. The SMILES string of the molecule is CC1(F)C=CC(C2CCN(CC3CN(C(=O)C4=CCNO4)CC3c3ccsc3)CC2)=CC1. The maximum absolute atomic E-state index is 14.1. The van der Waals surface area contributed by atoms with Crippen molar-refractivity contribution in [1.29, 1.82) is 0 Å². The molecule has 1 aromatic heterocycles. The first-order valence-electron chi connectivity index (χ1n) is 11.7. The summed E-state index contributed by atoms with van der Waals surface area (Å²) in [5.74, 6) is 1.73. The van der Waals surface area contributed by atoms with Crippen LogP contribution in [-0.2, 0) is 9.63 Å². The number of nitrogens with one attached hydrogen (secondary N) is 1. The molecular formula is C25H32FN3O2S. The number of nitrogens with zero attached hydrogens (tertiary/aromatic N) is 2. The number of hydrogen-bond donors (Lipinski definition) is 1. The lowest BCUT2D eigenvalue weighted by molar-refractivity contribution is -0.130. The topological polar surface area (TPSA) is 44.8 Å². The molecule has 4 heterocycles. The third kappa shape index (κ3) is 4.70. The van der Waals surface area contributed by atoms with E-state index in [-0.39, 0.29) is 5.91 Å². The van der Waals surface area contributed by atoms with Crippen molar-refractivity contribution in [3.8, 4) is 0 Å². The second-order valence-electron chi connectivity index (χ2n) is 9.75. The zero-order valence-corrected chi connectivity index (χ0v) is 19.5. The van der Waals surface area contributed by atoms with Gasteiger partial charge in [-0.3, -0.25) is 4.79 Å². The number of hydroxylamine groups is 1. The summed E-state index contributed by atoms with van der Waals surface area (Å²) in [6.45, 7) is 6.86. The van der Waals surface area contributed by atoms with Crippen molar-refractivity contribution in [3.05, 3.63) is 58.0 Å². The van der Waals surface area contributed by atoms with Crippen LogP contribution in [0.2, 0.25) is 0 Å². The van der Waals surface area contributed by atoms with E-state index in [1.54, 1.807) is 24.3 Å². The fraction of sp³-hybridized carbons (Fsp3) is 0.560. The Morgan fingerprint density at radius 1 is 1.31 bits per heavy atom. The van der Waals surface area contributed by atoms with Gasteiger partial charge in [-0.15, -0.1) is 0 Å². The normalized spacial score (nSPS) is 31.5. The van der Waals surface area contributed by atoms with Crippen LogP contribution in [0.1, 0.15) is 37.7 Å². The van der Waals surface area contributed by atoms with Crippen LogP contribution in [0, 0.1) is 11.8 Å². The molecule has 5 rings (SSSR count). The highest BCUT2D eigenvalue weighted by atomic mass is 32.1. The molecule has 0 bridgehead atoms. The smallest absolute Gasteiger partial charge is 0.291 e. The minimum absolute atomic E-state index is 0.00711. The van der Waals surface area contributed by atoms with E-state index in [1.807, 2.05) is 17.1 Å². The Morgan fingerprint density at radius 2 is 2.16 bits per heavy atom. The zero-order chi connectivity index (χ0) is 22.1. The highest BCUT2D eigenvalue weighted by molar-refractivity contribution is 7.08. The summed E-state index contributed by atoms with van der Waals surface area (Å²) < 4.78 is 14.1. The summed E-state index contributed by atoms with van der Waals surface area (Å²) in [4.78, 5) is 22.7. The largest absolute Gasteiger partial charge is 0.403 e. The Kier molecular flexibility index (Phi) is 6.23. The first kappa shape index (κ1) is 21.9. The number of amides is 1. The van der Waals surface area contributed by atoms with E-state index in [0.717, 1.165) is 45.6 Å². The number of alkyl halides is 1. The van der Waals surface area contributed by atoms with Crippen LogP contribution >= 0.6 is 11.3 Å². The molecule has 3 aliphatic heterocycles. The zero-order valence-electron chi connectivity index (χ0n) is 18.6. The Morgan fingerprint density at radius 3 is 2.81 bits per heavy atom. The van der Waals surface area contributed by atoms with E-state index >= 15 is 0 Å². The van der Waals surface area contributed by atoms with Gasteiger partial charge in [0.2, 0.25) is 5.76 Å². The van der Waals surface area contributed by atoms with Crippen LogP contribution in [0.15, 0.2) is 52.5 Å². The number of rotatable bonds is 5. The Hall–Kier alpha value is -1.96. The number of hydrogen-bond acceptors (Lipinski definition) is 5. The summed E-state index contributed by atoms with van der Waals surface area (Å²) in [6, 6.07) is 2.20. The molecule has 172 valence electrons. The van der Waals surface area contributed by atoms with Crippen molar-refractivity contribution < 1.29 is 14.0 Å². The number of likely N-dealkylation sites (tertiary alicyclic amines) is 2. The highest BCUT2D eigenvalue weighted by Gasteiger charge is 2.39. The van der Waals surface area contributed by atoms with Crippen molar-refractivity contribution in [2.75, 3.05) is 39.3 Å². The minimum Gasteiger partial charge on any atom is -0.403 e. The number of thiophene rings is 1. The molecule has 1 N–H and O–H groups in total. The number of allylic oxidation sites excluding steroid dienone is 4. The standard InChI is InChI=1S/C25H32FN3O2S/c1-25(26)8-2-18(3-9-25)19-5-11-28(12-6-19)14-21-15-29(24(30)23-4-10-27-31-23)16-22(21)20-7-13-32-17-20/h2-4,7-8,13,17,19,21-22,27H,5-6,9-12,14-16H2,1H3. The molecule has 2 fully saturated rings. The van der Waals surface area contributed by atoms with Gasteiger partial charge in [0.15, 0.2) is 0 Å². The van der Waals surface area contributed by atoms with E-state index < -0.39 is 5.67 Å². The monoisotopic (exact) mass is 457 g/mol. The predicted octanol–water partition coefficient (Wildman–Crippen LogP) is 4.04. The average Bonchev–Trinajstić information content (AvgIpc) is 3.55. The van der Waals surface area contributed by atoms with Crippen LogP contribution in [0.5, 0.6) is 0 Å². The fourth-order valence-electron chi connectivity index (χ4n) is 5.47. The van der Waals surface area contributed by atoms with Gasteiger partial charge in [-0.25, -0.2) is 4.39 Å². The third-order valence-electron chi connectivity index (χ3n) is 7.38. The first-order valence-corrected chi connectivity index (χ1v) is 12.6. The molecule has 0 radical (unpaired) electrons. The molecule has 5 nitrogen and oxygen atoms in total. The van der Waals surface area contributed by atoms with Crippen LogP contribution in [-0.4, -0.2) is 60.6 Å². The molecule has 0 spiro atoms. The molecule has 4 aliphatic rings. The first-order chi connectivity index (χ1) is 15.5.